The van der Waals surface area contributed by atoms with Gasteiger partial charge in [-0.1, -0.05) is 55.5 Å². The Bertz CT molecular complexity index is 1270. The molecule has 1 aliphatic heterocycles. The number of para-hydroxylation sites is 1. The van der Waals surface area contributed by atoms with Gasteiger partial charge in [0.25, 0.3) is 0 Å². The Labute approximate surface area is 196 Å². The number of benzene rings is 3. The fourth-order valence-electron chi connectivity index (χ4n) is 4.75. The minimum absolute atomic E-state index is 0.503. The molecule has 5 rings (SSSR count). The molecule has 3 heteroatoms. The third-order valence-corrected chi connectivity index (χ3v) is 6.64. The van der Waals surface area contributed by atoms with E-state index in [1.165, 1.54) is 27.8 Å². The van der Waals surface area contributed by atoms with E-state index in [0.717, 1.165) is 42.8 Å². The molecule has 3 aromatic carbocycles. The van der Waals surface area contributed by atoms with E-state index >= 15 is 0 Å². The topological polar surface area (TPSA) is 26.5 Å². The number of aryl methyl sites for hydroxylation is 1. The molecule has 0 N–H and O–H groups in total. The molecule has 0 aliphatic carbocycles. The molecule has 1 unspecified atom stereocenters. The van der Waals surface area contributed by atoms with Gasteiger partial charge in [-0.15, -0.1) is 0 Å². The Kier molecular flexibility index (Phi) is 6.12. The summed E-state index contributed by atoms with van der Waals surface area (Å²) < 4.78 is 7.80. The maximum atomic E-state index is 5.65. The van der Waals surface area contributed by atoms with Crippen molar-refractivity contribution in [3.8, 4) is 22.6 Å². The molecule has 2 heterocycles. The van der Waals surface area contributed by atoms with E-state index < -0.39 is 0 Å². The summed E-state index contributed by atoms with van der Waals surface area (Å²) in [6.45, 7) is 2.18. The maximum Gasteiger partial charge on any atom is 0.142 e. The zero-order chi connectivity index (χ0) is 22.6. The summed E-state index contributed by atoms with van der Waals surface area (Å²) >= 11 is 0. The predicted octanol–water partition coefficient (Wildman–Crippen LogP) is 7.54. The zero-order valence-corrected chi connectivity index (χ0v) is 19.4. The number of rotatable bonds is 6. The number of hydrogen-bond donors (Lipinski definition) is 0. The molecular formula is C30H30N2O. The lowest BCUT2D eigenvalue weighted by Crippen LogP contribution is -2.03. The lowest BCUT2D eigenvalue weighted by atomic mass is 9.87. The first-order valence-electron chi connectivity index (χ1n) is 11.8. The van der Waals surface area contributed by atoms with Crippen molar-refractivity contribution in [1.29, 1.82) is 0 Å². The van der Waals surface area contributed by atoms with Gasteiger partial charge in [0.1, 0.15) is 5.75 Å². The van der Waals surface area contributed by atoms with Gasteiger partial charge in [-0.25, -0.2) is 0 Å². The number of aromatic nitrogens is 1. The van der Waals surface area contributed by atoms with Gasteiger partial charge in [-0.3, -0.25) is 4.99 Å². The molecule has 0 spiro atoms. The van der Waals surface area contributed by atoms with Crippen LogP contribution in [0.1, 0.15) is 42.4 Å². The van der Waals surface area contributed by atoms with Crippen LogP contribution in [0.2, 0.25) is 0 Å². The Balaban J connectivity index is 1.39. The largest absolute Gasteiger partial charge is 0.495 e. The monoisotopic (exact) mass is 434 g/mol. The molecule has 0 saturated carbocycles. The normalized spacial score (nSPS) is 15.2. The van der Waals surface area contributed by atoms with Crippen LogP contribution in [0.3, 0.4) is 0 Å². The number of fused-ring (bicyclic) bond motifs is 1. The number of nitrogens with zero attached hydrogens (tertiary/aromatic N) is 2. The molecule has 0 radical (unpaired) electrons. The van der Waals surface area contributed by atoms with Crippen LogP contribution >= 0.6 is 0 Å². The summed E-state index contributed by atoms with van der Waals surface area (Å²) in [6, 6.07) is 26.2. The highest BCUT2D eigenvalue weighted by molar-refractivity contribution is 5.69. The second-order valence-corrected chi connectivity index (χ2v) is 8.71. The van der Waals surface area contributed by atoms with E-state index in [1.54, 1.807) is 7.11 Å². The molecule has 1 aromatic heterocycles. The fraction of sp³-hybridized carbons (Fsp3) is 0.233. The summed E-state index contributed by atoms with van der Waals surface area (Å²) in [6.07, 6.45) is 10.6. The lowest BCUT2D eigenvalue weighted by molar-refractivity contribution is 0.413. The Morgan fingerprint density at radius 2 is 1.76 bits per heavy atom. The lowest BCUT2D eigenvalue weighted by Gasteiger charge is -2.17. The smallest absolute Gasteiger partial charge is 0.142 e. The van der Waals surface area contributed by atoms with Crippen LogP contribution in [0.15, 0.2) is 90.2 Å². The third-order valence-electron chi connectivity index (χ3n) is 6.64. The first-order chi connectivity index (χ1) is 16.2. The van der Waals surface area contributed by atoms with Crippen molar-refractivity contribution in [3.63, 3.8) is 0 Å². The van der Waals surface area contributed by atoms with Crippen LogP contribution in [0, 0.1) is 0 Å². The third kappa shape index (κ3) is 4.49. The van der Waals surface area contributed by atoms with Crippen LogP contribution in [-0.4, -0.2) is 17.9 Å². The van der Waals surface area contributed by atoms with Gasteiger partial charge in [0.15, 0.2) is 0 Å². The number of hydrogen-bond acceptors (Lipinski definition) is 2. The highest BCUT2D eigenvalue weighted by atomic mass is 16.5. The quantitative estimate of drug-likeness (QED) is 0.308. The van der Waals surface area contributed by atoms with Crippen molar-refractivity contribution in [1.82, 2.24) is 4.57 Å². The summed E-state index contributed by atoms with van der Waals surface area (Å²) in [5.41, 5.74) is 8.65. The predicted molar refractivity (Wildman–Crippen MR) is 137 cm³/mol. The van der Waals surface area contributed by atoms with E-state index in [2.05, 4.69) is 108 Å². The van der Waals surface area contributed by atoms with Gasteiger partial charge in [0.05, 0.1) is 18.5 Å². The second-order valence-electron chi connectivity index (χ2n) is 8.71. The molecular weight excluding hydrogens is 404 g/mol. The van der Waals surface area contributed by atoms with Gasteiger partial charge in [-0.2, -0.15) is 0 Å². The molecule has 0 bridgehead atoms. The Morgan fingerprint density at radius 3 is 2.55 bits per heavy atom. The van der Waals surface area contributed by atoms with Crippen molar-refractivity contribution < 1.29 is 4.74 Å². The van der Waals surface area contributed by atoms with Gasteiger partial charge < -0.3 is 9.30 Å². The summed E-state index contributed by atoms with van der Waals surface area (Å²) in [4.78, 5) is 4.65. The van der Waals surface area contributed by atoms with E-state index in [1.807, 2.05) is 0 Å². The van der Waals surface area contributed by atoms with Gasteiger partial charge >= 0.3 is 0 Å². The molecule has 1 aliphatic rings. The van der Waals surface area contributed by atoms with Crippen molar-refractivity contribution >= 4 is 11.9 Å². The molecule has 33 heavy (non-hydrogen) atoms. The summed E-state index contributed by atoms with van der Waals surface area (Å²) in [7, 11) is 1.73. The molecule has 4 aromatic rings. The average Bonchev–Trinajstić information content (AvgIpc) is 3.26. The van der Waals surface area contributed by atoms with E-state index in [4.69, 9.17) is 4.74 Å². The van der Waals surface area contributed by atoms with Crippen molar-refractivity contribution in [2.45, 2.75) is 38.5 Å². The highest BCUT2D eigenvalue weighted by Gasteiger charge is 2.17. The Morgan fingerprint density at radius 1 is 0.939 bits per heavy atom. The standard InChI is InChI=1S/C30H30N2O/c1-3-22-16-18-32(21-22)29-20-25(14-15-30(29)33-2)24-12-10-23(11-13-24)19-26-7-6-17-31-28-9-5-4-8-27(26)28/h4-5,8-18,20-21,26H,3,6-7,19H2,1-2H3. The maximum absolute atomic E-state index is 5.65. The highest BCUT2D eigenvalue weighted by Crippen LogP contribution is 2.35. The SMILES string of the molecule is CCc1ccn(-c2cc(-c3ccc(CC4CCC=Nc5ccccc54)cc3)ccc2OC)c1. The van der Waals surface area contributed by atoms with Gasteiger partial charge in [-0.05, 0) is 83.7 Å². The minimum atomic E-state index is 0.503. The van der Waals surface area contributed by atoms with Crippen molar-refractivity contribution in [2.75, 3.05) is 7.11 Å². The van der Waals surface area contributed by atoms with Crippen LogP contribution < -0.4 is 4.74 Å². The van der Waals surface area contributed by atoms with Crippen LogP contribution in [0.5, 0.6) is 5.75 Å². The van der Waals surface area contributed by atoms with Crippen LogP contribution in [-0.2, 0) is 12.8 Å². The first-order valence-corrected chi connectivity index (χ1v) is 11.8. The molecule has 1 atom stereocenters. The summed E-state index contributed by atoms with van der Waals surface area (Å²) in [5, 5.41) is 0. The van der Waals surface area contributed by atoms with Gasteiger partial charge in [0, 0.05) is 18.6 Å². The average molecular weight is 435 g/mol. The molecule has 3 nitrogen and oxygen atoms in total. The molecule has 0 fully saturated rings. The second kappa shape index (κ2) is 9.50. The Hall–Kier alpha value is -3.59. The molecule has 0 amide bonds. The van der Waals surface area contributed by atoms with E-state index in [0.29, 0.717) is 5.92 Å². The van der Waals surface area contributed by atoms with Crippen LogP contribution in [0.4, 0.5) is 5.69 Å². The van der Waals surface area contributed by atoms with E-state index in [-0.39, 0.29) is 0 Å². The fourth-order valence-corrected chi connectivity index (χ4v) is 4.75. The van der Waals surface area contributed by atoms with Crippen molar-refractivity contribution in [2.24, 2.45) is 4.99 Å². The molecule has 166 valence electrons. The van der Waals surface area contributed by atoms with Crippen molar-refractivity contribution in [3.05, 3.63) is 102 Å². The first kappa shape index (κ1) is 21.3. The number of aliphatic imine (C=N–C) groups is 1. The minimum Gasteiger partial charge on any atom is -0.495 e. The van der Waals surface area contributed by atoms with E-state index in [9.17, 15) is 0 Å². The summed E-state index contributed by atoms with van der Waals surface area (Å²) in [5.74, 6) is 1.38. The number of methoxy groups -OCH3 is 1. The molecule has 0 saturated heterocycles. The number of ether oxygens (including phenoxy) is 1. The van der Waals surface area contributed by atoms with Gasteiger partial charge in [0.2, 0.25) is 0 Å². The zero-order valence-electron chi connectivity index (χ0n) is 19.4. The van der Waals surface area contributed by atoms with Crippen LogP contribution in [0.25, 0.3) is 16.8 Å².